The molecule has 1 N–H and O–H groups in total. The maximum atomic E-state index is 11.9. The average molecular weight is 385 g/mol. The molecule has 1 unspecified atom stereocenters. The largest absolute Gasteiger partial charge is 0.508 e. The Labute approximate surface area is 156 Å². The van der Waals surface area contributed by atoms with Gasteiger partial charge in [0.1, 0.15) is 18.1 Å². The van der Waals surface area contributed by atoms with Crippen molar-refractivity contribution in [2.24, 2.45) is 0 Å². The van der Waals surface area contributed by atoms with E-state index in [4.69, 9.17) is 37.4 Å². The molecule has 0 spiro atoms. The van der Waals surface area contributed by atoms with Crippen LogP contribution in [0.5, 0.6) is 11.5 Å². The molecule has 0 fully saturated rings. The summed E-state index contributed by atoms with van der Waals surface area (Å²) in [4.78, 5) is 11.9. The summed E-state index contributed by atoms with van der Waals surface area (Å²) in [5.74, 6) is 0.0950. The number of carbonyl (C=O) groups is 1. The van der Waals surface area contributed by atoms with Crippen LogP contribution in [0, 0.1) is 0 Å². The van der Waals surface area contributed by atoms with Gasteiger partial charge in [0.15, 0.2) is 6.10 Å². The molecule has 25 heavy (non-hydrogen) atoms. The fourth-order valence-corrected chi connectivity index (χ4v) is 2.38. The molecule has 2 aromatic carbocycles. The van der Waals surface area contributed by atoms with Crippen LogP contribution >= 0.6 is 23.2 Å². The van der Waals surface area contributed by atoms with Crippen molar-refractivity contribution in [3.05, 3.63) is 58.1 Å². The number of hydrogen-bond donors (Lipinski definition) is 1. The quantitative estimate of drug-likeness (QED) is 0.544. The van der Waals surface area contributed by atoms with Gasteiger partial charge in [-0.25, -0.2) is 4.79 Å². The van der Waals surface area contributed by atoms with Gasteiger partial charge in [-0.05, 0) is 48.9 Å². The van der Waals surface area contributed by atoms with Crippen molar-refractivity contribution < 1.29 is 24.1 Å². The molecular weight excluding hydrogens is 367 g/mol. The van der Waals surface area contributed by atoms with E-state index in [1.165, 1.54) is 12.1 Å². The molecule has 0 aliphatic heterocycles. The number of benzene rings is 2. The van der Waals surface area contributed by atoms with E-state index in [0.29, 0.717) is 22.4 Å². The predicted octanol–water partition coefficient (Wildman–Crippen LogP) is 4.23. The number of esters is 1. The Morgan fingerprint density at radius 2 is 1.84 bits per heavy atom. The Morgan fingerprint density at radius 3 is 2.52 bits per heavy atom. The smallest absolute Gasteiger partial charge is 0.347 e. The Kier molecular flexibility index (Phi) is 7.37. The lowest BCUT2D eigenvalue weighted by atomic mass is 10.2. The first-order chi connectivity index (χ1) is 12.0. The number of halogens is 2. The van der Waals surface area contributed by atoms with Gasteiger partial charge in [0.25, 0.3) is 0 Å². The lowest BCUT2D eigenvalue weighted by molar-refractivity contribution is -0.152. The minimum Gasteiger partial charge on any atom is -0.508 e. The minimum absolute atomic E-state index is 0.104. The van der Waals surface area contributed by atoms with Gasteiger partial charge in [-0.1, -0.05) is 29.3 Å². The first kappa shape index (κ1) is 19.4. The summed E-state index contributed by atoms with van der Waals surface area (Å²) in [7, 11) is 0. The van der Waals surface area contributed by atoms with E-state index < -0.39 is 12.1 Å². The van der Waals surface area contributed by atoms with Crippen LogP contribution in [-0.4, -0.2) is 30.4 Å². The number of aromatic hydroxyl groups is 1. The van der Waals surface area contributed by atoms with Gasteiger partial charge in [0.05, 0.1) is 13.2 Å². The second-order valence-electron chi connectivity index (χ2n) is 5.21. The van der Waals surface area contributed by atoms with E-state index in [0.717, 1.165) is 5.56 Å². The highest BCUT2D eigenvalue weighted by Crippen LogP contribution is 2.21. The highest BCUT2D eigenvalue weighted by Gasteiger charge is 2.16. The second-order valence-corrected chi connectivity index (χ2v) is 6.05. The molecule has 0 aromatic heterocycles. The molecule has 5 nitrogen and oxygen atoms in total. The minimum atomic E-state index is -0.768. The van der Waals surface area contributed by atoms with Crippen molar-refractivity contribution in [1.29, 1.82) is 0 Å². The summed E-state index contributed by atoms with van der Waals surface area (Å²) in [6.45, 7) is 2.22. The van der Waals surface area contributed by atoms with E-state index in [1.807, 2.05) is 0 Å². The molecule has 0 saturated heterocycles. The molecule has 0 radical (unpaired) electrons. The standard InChI is InChI=1S/C18H18Cl2O5/c1-12(25-16-6-4-15(21)5-7-16)18(22)24-9-8-23-11-13-2-3-14(19)10-17(13)20/h2-7,10,12,21H,8-9,11H2,1H3. The Balaban J connectivity index is 1.66. The normalized spacial score (nSPS) is 11.8. The van der Waals surface area contributed by atoms with Crippen molar-refractivity contribution in [3.8, 4) is 11.5 Å². The third kappa shape index (κ3) is 6.46. The van der Waals surface area contributed by atoms with Gasteiger partial charge >= 0.3 is 5.97 Å². The summed E-state index contributed by atoms with van der Waals surface area (Å²) < 4.78 is 16.0. The van der Waals surface area contributed by atoms with Gasteiger partial charge in [0.2, 0.25) is 0 Å². The molecule has 7 heteroatoms. The van der Waals surface area contributed by atoms with Crippen molar-refractivity contribution >= 4 is 29.2 Å². The van der Waals surface area contributed by atoms with Crippen LogP contribution in [0.4, 0.5) is 0 Å². The molecule has 1 atom stereocenters. The van der Waals surface area contributed by atoms with E-state index in [-0.39, 0.29) is 19.0 Å². The number of carbonyl (C=O) groups excluding carboxylic acids is 1. The zero-order valence-corrected chi connectivity index (χ0v) is 15.1. The van der Waals surface area contributed by atoms with Gasteiger partial charge in [-0.2, -0.15) is 0 Å². The zero-order valence-electron chi connectivity index (χ0n) is 13.6. The number of ether oxygens (including phenoxy) is 3. The van der Waals surface area contributed by atoms with Crippen LogP contribution in [0.3, 0.4) is 0 Å². The molecule has 0 aliphatic rings. The van der Waals surface area contributed by atoms with Crippen molar-refractivity contribution in [1.82, 2.24) is 0 Å². The van der Waals surface area contributed by atoms with Crippen molar-refractivity contribution in [3.63, 3.8) is 0 Å². The van der Waals surface area contributed by atoms with Gasteiger partial charge in [-0.3, -0.25) is 0 Å². The highest BCUT2D eigenvalue weighted by atomic mass is 35.5. The number of phenolic OH excluding ortho intramolecular Hbond substituents is 1. The lowest BCUT2D eigenvalue weighted by Crippen LogP contribution is -2.27. The SMILES string of the molecule is CC(Oc1ccc(O)cc1)C(=O)OCCOCc1ccc(Cl)cc1Cl. The molecule has 0 aliphatic carbocycles. The third-order valence-electron chi connectivity index (χ3n) is 3.23. The van der Waals surface area contributed by atoms with Crippen molar-refractivity contribution in [2.75, 3.05) is 13.2 Å². The number of phenols is 1. The van der Waals surface area contributed by atoms with Gasteiger partial charge in [-0.15, -0.1) is 0 Å². The summed E-state index contributed by atoms with van der Waals surface area (Å²) >= 11 is 11.9. The van der Waals surface area contributed by atoms with Crippen LogP contribution in [0.25, 0.3) is 0 Å². The third-order valence-corrected chi connectivity index (χ3v) is 3.81. The van der Waals surface area contributed by atoms with Gasteiger partial charge in [0, 0.05) is 10.0 Å². The summed E-state index contributed by atoms with van der Waals surface area (Å²) in [6, 6.07) is 11.2. The monoisotopic (exact) mass is 384 g/mol. The van der Waals surface area contributed by atoms with E-state index in [1.54, 1.807) is 37.3 Å². The van der Waals surface area contributed by atoms with E-state index in [2.05, 4.69) is 0 Å². The molecule has 134 valence electrons. The maximum Gasteiger partial charge on any atom is 0.347 e. The maximum absolute atomic E-state index is 11.9. The molecule has 2 aromatic rings. The molecule has 0 amide bonds. The fourth-order valence-electron chi connectivity index (χ4n) is 1.92. The topological polar surface area (TPSA) is 65.0 Å². The first-order valence-electron chi connectivity index (χ1n) is 7.59. The number of rotatable bonds is 8. The summed E-state index contributed by atoms with van der Waals surface area (Å²) in [6.07, 6.45) is -0.768. The van der Waals surface area contributed by atoms with Crippen LogP contribution < -0.4 is 4.74 Å². The fraction of sp³-hybridized carbons (Fsp3) is 0.278. The lowest BCUT2D eigenvalue weighted by Gasteiger charge is -2.14. The Morgan fingerprint density at radius 1 is 1.12 bits per heavy atom. The van der Waals surface area contributed by atoms with Crippen LogP contribution in [-0.2, 0) is 20.9 Å². The van der Waals surface area contributed by atoms with E-state index in [9.17, 15) is 9.90 Å². The van der Waals surface area contributed by atoms with Crippen LogP contribution in [0.2, 0.25) is 10.0 Å². The van der Waals surface area contributed by atoms with Crippen molar-refractivity contribution in [2.45, 2.75) is 19.6 Å². The Hall–Kier alpha value is -1.95. The van der Waals surface area contributed by atoms with Gasteiger partial charge < -0.3 is 19.3 Å². The molecule has 0 saturated carbocycles. The average Bonchev–Trinajstić information content (AvgIpc) is 2.58. The molecular formula is C18H18Cl2O5. The molecule has 0 bridgehead atoms. The van der Waals surface area contributed by atoms with Crippen LogP contribution in [0.1, 0.15) is 12.5 Å². The molecule has 2 rings (SSSR count). The van der Waals surface area contributed by atoms with E-state index >= 15 is 0 Å². The highest BCUT2D eigenvalue weighted by molar-refractivity contribution is 6.35. The van der Waals surface area contributed by atoms with Crippen LogP contribution in [0.15, 0.2) is 42.5 Å². The first-order valence-corrected chi connectivity index (χ1v) is 8.35. The summed E-state index contributed by atoms with van der Waals surface area (Å²) in [5.41, 5.74) is 0.807. The second kappa shape index (κ2) is 9.51. The Bertz CT molecular complexity index is 703. The zero-order chi connectivity index (χ0) is 18.2. The summed E-state index contributed by atoms with van der Waals surface area (Å²) in [5, 5.41) is 10.3. The number of hydrogen-bond acceptors (Lipinski definition) is 5. The predicted molar refractivity (Wildman–Crippen MR) is 95.3 cm³/mol. The molecule has 0 heterocycles.